The molecule has 0 atom stereocenters. The summed E-state index contributed by atoms with van der Waals surface area (Å²) in [5, 5.41) is 3.36. The van der Waals surface area contributed by atoms with Crippen LogP contribution in [0.25, 0.3) is 0 Å². The van der Waals surface area contributed by atoms with Gasteiger partial charge in [0.1, 0.15) is 0 Å². The molecule has 1 rings (SSSR count). The molecule has 0 aromatic heterocycles. The van der Waals surface area contributed by atoms with Gasteiger partial charge in [-0.15, -0.1) is 0 Å². The first-order chi connectivity index (χ1) is 8.36. The fourth-order valence-corrected chi connectivity index (χ4v) is 1.77. The highest BCUT2D eigenvalue weighted by molar-refractivity contribution is 5.25. The molecule has 0 amide bonds. The summed E-state index contributed by atoms with van der Waals surface area (Å²) in [5.74, 6) is 0. The van der Waals surface area contributed by atoms with Gasteiger partial charge in [-0.2, -0.15) is 0 Å². The van der Waals surface area contributed by atoms with E-state index in [1.54, 1.807) is 0 Å². The van der Waals surface area contributed by atoms with Crippen LogP contribution >= 0.6 is 0 Å². The molecule has 1 aliphatic carbocycles. The van der Waals surface area contributed by atoms with Crippen LogP contribution in [0.4, 0.5) is 0 Å². The summed E-state index contributed by atoms with van der Waals surface area (Å²) in [6.45, 7) is 6.72. The van der Waals surface area contributed by atoms with Gasteiger partial charge in [0.15, 0.2) is 0 Å². The van der Waals surface area contributed by atoms with Crippen LogP contribution in [0.2, 0.25) is 0 Å². The Morgan fingerprint density at radius 1 is 1.53 bits per heavy atom. The maximum Gasteiger partial charge on any atom is 0.0330 e. The van der Waals surface area contributed by atoms with Crippen molar-refractivity contribution in [2.24, 2.45) is 0 Å². The Bertz CT molecular complexity index is 343. The normalized spacial score (nSPS) is 18.9. The van der Waals surface area contributed by atoms with Crippen molar-refractivity contribution in [2.75, 3.05) is 6.54 Å². The molecule has 1 heteroatoms. The summed E-state index contributed by atoms with van der Waals surface area (Å²) in [4.78, 5) is 0. The lowest BCUT2D eigenvalue weighted by Gasteiger charge is -2.06. The molecule has 92 valence electrons. The van der Waals surface area contributed by atoms with E-state index in [4.69, 9.17) is 0 Å². The van der Waals surface area contributed by atoms with E-state index in [0.717, 1.165) is 13.0 Å². The van der Waals surface area contributed by atoms with Crippen molar-refractivity contribution in [3.05, 3.63) is 60.4 Å². The second-order valence-corrected chi connectivity index (χ2v) is 4.13. The summed E-state index contributed by atoms with van der Waals surface area (Å²) in [6, 6.07) is 0. The predicted molar refractivity (Wildman–Crippen MR) is 76.8 cm³/mol. The van der Waals surface area contributed by atoms with Gasteiger partial charge < -0.3 is 5.32 Å². The quantitative estimate of drug-likeness (QED) is 0.670. The van der Waals surface area contributed by atoms with Gasteiger partial charge in [0.25, 0.3) is 0 Å². The number of hydrogen-bond acceptors (Lipinski definition) is 1. The highest BCUT2D eigenvalue weighted by atomic mass is 14.9. The van der Waals surface area contributed by atoms with Crippen LogP contribution in [0.15, 0.2) is 60.4 Å². The Morgan fingerprint density at radius 2 is 2.41 bits per heavy atom. The Kier molecular flexibility index (Phi) is 6.89. The monoisotopic (exact) mass is 229 g/mol. The number of rotatable bonds is 6. The lowest BCUT2D eigenvalue weighted by molar-refractivity contribution is 0.820. The molecule has 1 aliphatic rings. The molecule has 0 spiro atoms. The van der Waals surface area contributed by atoms with Crippen LogP contribution in [0, 0.1) is 0 Å². The van der Waals surface area contributed by atoms with E-state index in [0.29, 0.717) is 0 Å². The van der Waals surface area contributed by atoms with Crippen molar-refractivity contribution in [1.82, 2.24) is 5.32 Å². The first kappa shape index (κ1) is 13.6. The lowest BCUT2D eigenvalue weighted by Crippen LogP contribution is -2.11. The molecule has 0 saturated carbocycles. The van der Waals surface area contributed by atoms with Gasteiger partial charge in [-0.3, -0.25) is 0 Å². The first-order valence-corrected chi connectivity index (χ1v) is 6.44. The van der Waals surface area contributed by atoms with Gasteiger partial charge in [-0.1, -0.05) is 50.0 Å². The van der Waals surface area contributed by atoms with Gasteiger partial charge in [0, 0.05) is 12.2 Å². The fourth-order valence-electron chi connectivity index (χ4n) is 1.77. The fraction of sp³-hybridized carbons (Fsp3) is 0.375. The van der Waals surface area contributed by atoms with Crippen molar-refractivity contribution >= 4 is 0 Å². The van der Waals surface area contributed by atoms with Crippen LogP contribution in [0.1, 0.15) is 32.6 Å². The van der Waals surface area contributed by atoms with E-state index in [9.17, 15) is 0 Å². The van der Waals surface area contributed by atoms with Crippen molar-refractivity contribution in [1.29, 1.82) is 0 Å². The van der Waals surface area contributed by atoms with Crippen molar-refractivity contribution in [3.63, 3.8) is 0 Å². The minimum atomic E-state index is 0.876. The topological polar surface area (TPSA) is 12.0 Å². The van der Waals surface area contributed by atoms with Crippen LogP contribution < -0.4 is 5.32 Å². The summed E-state index contributed by atoms with van der Waals surface area (Å²) in [6.07, 6.45) is 19.6. The molecule has 0 aromatic rings. The maximum absolute atomic E-state index is 3.70. The van der Waals surface area contributed by atoms with E-state index >= 15 is 0 Å². The Balaban J connectivity index is 2.30. The predicted octanol–water partition coefficient (Wildman–Crippen LogP) is 4.28. The Morgan fingerprint density at radius 3 is 3.06 bits per heavy atom. The highest BCUT2D eigenvalue weighted by Crippen LogP contribution is 2.15. The number of nitrogens with one attached hydrogen (secondary N) is 1. The summed E-state index contributed by atoms with van der Waals surface area (Å²) in [7, 11) is 0. The molecular weight excluding hydrogens is 206 g/mol. The van der Waals surface area contributed by atoms with Gasteiger partial charge in [-0.05, 0) is 37.3 Å². The third kappa shape index (κ3) is 5.96. The van der Waals surface area contributed by atoms with Crippen LogP contribution in [0.3, 0.4) is 0 Å². The molecule has 0 fully saturated rings. The zero-order valence-corrected chi connectivity index (χ0v) is 10.8. The average Bonchev–Trinajstić information content (AvgIpc) is 2.38. The van der Waals surface area contributed by atoms with Crippen molar-refractivity contribution < 1.29 is 0 Å². The molecule has 0 unspecified atom stereocenters. The SMILES string of the molecule is C=C/C=C(\CC)NC/C=C\C=C1\C=CCCC1. The summed E-state index contributed by atoms with van der Waals surface area (Å²) < 4.78 is 0. The van der Waals surface area contributed by atoms with Crippen LogP contribution in [-0.4, -0.2) is 6.54 Å². The standard InChI is InChI=1S/C16H23N/c1-3-10-16(4-2)17-14-9-8-13-15-11-6-5-7-12-15/h3,6,8-11,13,17H,1,4-5,7,12,14H2,2H3/b9-8-,15-13-,16-10+. The lowest BCUT2D eigenvalue weighted by atomic mass is 10.0. The average molecular weight is 229 g/mol. The van der Waals surface area contributed by atoms with Crippen molar-refractivity contribution in [3.8, 4) is 0 Å². The summed E-state index contributed by atoms with van der Waals surface area (Å²) in [5.41, 5.74) is 2.67. The zero-order valence-electron chi connectivity index (χ0n) is 10.8. The number of hydrogen-bond donors (Lipinski definition) is 1. The molecule has 1 nitrogen and oxygen atoms in total. The Labute approximate surface area is 105 Å². The van der Waals surface area contributed by atoms with E-state index in [1.165, 1.54) is 30.5 Å². The van der Waals surface area contributed by atoms with Gasteiger partial charge >= 0.3 is 0 Å². The van der Waals surface area contributed by atoms with Crippen LogP contribution in [0.5, 0.6) is 0 Å². The van der Waals surface area contributed by atoms with E-state index in [2.05, 4.69) is 49.2 Å². The second kappa shape index (κ2) is 8.63. The van der Waals surface area contributed by atoms with E-state index in [1.807, 2.05) is 12.2 Å². The molecule has 0 bridgehead atoms. The van der Waals surface area contributed by atoms with E-state index in [-0.39, 0.29) is 0 Å². The largest absolute Gasteiger partial charge is 0.385 e. The maximum atomic E-state index is 3.70. The highest BCUT2D eigenvalue weighted by Gasteiger charge is 1.96. The number of allylic oxidation sites excluding steroid dienone is 8. The minimum absolute atomic E-state index is 0.876. The van der Waals surface area contributed by atoms with Crippen molar-refractivity contribution in [2.45, 2.75) is 32.6 Å². The molecule has 1 N–H and O–H groups in total. The van der Waals surface area contributed by atoms with Gasteiger partial charge in [-0.25, -0.2) is 0 Å². The molecule has 0 aliphatic heterocycles. The minimum Gasteiger partial charge on any atom is -0.385 e. The third-order valence-corrected chi connectivity index (χ3v) is 2.76. The Hall–Kier alpha value is -1.50. The molecule has 17 heavy (non-hydrogen) atoms. The van der Waals surface area contributed by atoms with Crippen LogP contribution in [-0.2, 0) is 0 Å². The van der Waals surface area contributed by atoms with Gasteiger partial charge in [0.2, 0.25) is 0 Å². The molecule has 0 radical (unpaired) electrons. The molecule has 0 heterocycles. The third-order valence-electron chi connectivity index (χ3n) is 2.76. The first-order valence-electron chi connectivity index (χ1n) is 6.44. The second-order valence-electron chi connectivity index (χ2n) is 4.13. The summed E-state index contributed by atoms with van der Waals surface area (Å²) >= 11 is 0. The molecular formula is C16H23N. The molecule has 0 aromatic carbocycles. The van der Waals surface area contributed by atoms with Gasteiger partial charge in [0.05, 0.1) is 0 Å². The molecule has 0 saturated heterocycles. The zero-order chi connectivity index (χ0) is 12.3. The smallest absolute Gasteiger partial charge is 0.0330 e. The van der Waals surface area contributed by atoms with E-state index < -0.39 is 0 Å².